The van der Waals surface area contributed by atoms with Crippen LogP contribution in [0.2, 0.25) is 0 Å². The highest BCUT2D eigenvalue weighted by Gasteiger charge is 2.32. The van der Waals surface area contributed by atoms with E-state index >= 15 is 0 Å². The third kappa shape index (κ3) is 3.30. The Hall–Kier alpha value is -3.42. The molecule has 0 fully saturated rings. The molecule has 29 heavy (non-hydrogen) atoms. The lowest BCUT2D eigenvalue weighted by atomic mass is 10.0. The van der Waals surface area contributed by atoms with Crippen molar-refractivity contribution in [3.8, 4) is 17.2 Å². The number of hydroxylamine groups is 1. The zero-order valence-electron chi connectivity index (χ0n) is 16.7. The first-order chi connectivity index (χ1) is 14.0. The lowest BCUT2D eigenvalue weighted by Crippen LogP contribution is -2.35. The van der Waals surface area contributed by atoms with E-state index in [2.05, 4.69) is 5.16 Å². The Morgan fingerprint density at radius 2 is 1.90 bits per heavy atom. The van der Waals surface area contributed by atoms with Gasteiger partial charge in [-0.2, -0.15) is 0 Å². The van der Waals surface area contributed by atoms with Crippen LogP contribution in [0.5, 0.6) is 17.2 Å². The molecule has 152 valence electrons. The minimum atomic E-state index is -0.596. The second kappa shape index (κ2) is 7.54. The van der Waals surface area contributed by atoms with Gasteiger partial charge in [-0.1, -0.05) is 11.2 Å². The van der Waals surface area contributed by atoms with E-state index in [0.717, 1.165) is 28.3 Å². The maximum atomic E-state index is 12.1. The van der Waals surface area contributed by atoms with Crippen molar-refractivity contribution in [2.75, 3.05) is 32.5 Å². The summed E-state index contributed by atoms with van der Waals surface area (Å²) in [7, 11) is 2.68. The Morgan fingerprint density at radius 1 is 1.14 bits per heavy atom. The summed E-state index contributed by atoms with van der Waals surface area (Å²) in [5.74, 6) is 1.41. The number of ether oxygens (including phenoxy) is 3. The molecular weight excluding hydrogens is 376 g/mol. The van der Waals surface area contributed by atoms with Crippen LogP contribution in [-0.4, -0.2) is 39.1 Å². The highest BCUT2D eigenvalue weighted by Crippen LogP contribution is 2.42. The molecule has 0 radical (unpaired) electrons. The first kappa shape index (κ1) is 18.9. The predicted molar refractivity (Wildman–Crippen MR) is 106 cm³/mol. The highest BCUT2D eigenvalue weighted by molar-refractivity contribution is 6.44. The van der Waals surface area contributed by atoms with Gasteiger partial charge in [-0.15, -0.1) is 0 Å². The number of nitrogens with zero attached hydrogens (tertiary/aromatic N) is 2. The molecular formula is C21H22N2O6. The molecule has 0 aliphatic carbocycles. The number of esters is 1. The topological polar surface area (TPSA) is 78.8 Å². The van der Waals surface area contributed by atoms with Crippen LogP contribution in [0, 0.1) is 6.92 Å². The molecule has 5 rings (SSSR count). The van der Waals surface area contributed by atoms with E-state index in [1.807, 2.05) is 44.2 Å². The molecule has 3 aliphatic rings. The number of hydrogen-bond acceptors (Lipinski definition) is 8. The van der Waals surface area contributed by atoms with Gasteiger partial charge in [-0.3, -0.25) is 0 Å². The zero-order chi connectivity index (χ0) is 20.5. The number of anilines is 1. The van der Waals surface area contributed by atoms with E-state index in [0.29, 0.717) is 24.5 Å². The second-order valence-corrected chi connectivity index (χ2v) is 6.75. The SMILES string of the molecule is CON=C(C(=O)OC)c1cc2cc(C)c1ON2C(C)c1ccc2c(c1)OCCO2. The van der Waals surface area contributed by atoms with Gasteiger partial charge in [0, 0.05) is 0 Å². The molecule has 3 heterocycles. The maximum Gasteiger partial charge on any atom is 0.360 e. The number of oxime groups is 1. The third-order valence-electron chi connectivity index (χ3n) is 4.92. The molecule has 0 saturated carbocycles. The molecule has 1 atom stereocenters. The number of hydrogen-bond donors (Lipinski definition) is 0. The smallest absolute Gasteiger partial charge is 0.360 e. The summed E-state index contributed by atoms with van der Waals surface area (Å²) < 4.78 is 16.1. The van der Waals surface area contributed by atoms with Crippen molar-refractivity contribution in [2.24, 2.45) is 5.16 Å². The third-order valence-corrected chi connectivity index (χ3v) is 4.92. The van der Waals surface area contributed by atoms with Gasteiger partial charge in [0.2, 0.25) is 0 Å². The van der Waals surface area contributed by atoms with Gasteiger partial charge in [0.25, 0.3) is 0 Å². The molecule has 0 N–H and O–H groups in total. The zero-order valence-corrected chi connectivity index (χ0v) is 16.7. The lowest BCUT2D eigenvalue weighted by Gasteiger charge is -2.37. The van der Waals surface area contributed by atoms with Gasteiger partial charge in [-0.25, -0.2) is 9.86 Å². The number of rotatable bonds is 5. The first-order valence-electron chi connectivity index (χ1n) is 9.24. The Morgan fingerprint density at radius 3 is 2.59 bits per heavy atom. The van der Waals surface area contributed by atoms with Gasteiger partial charge in [0.15, 0.2) is 23.0 Å². The normalized spacial score (nSPS) is 15.6. The number of methoxy groups -OCH3 is 1. The molecule has 0 saturated heterocycles. The van der Waals surface area contributed by atoms with Gasteiger partial charge in [0.1, 0.15) is 20.3 Å². The van der Waals surface area contributed by atoms with E-state index in [9.17, 15) is 4.79 Å². The Labute approximate surface area is 168 Å². The van der Waals surface area contributed by atoms with Crippen LogP contribution in [0.15, 0.2) is 35.5 Å². The van der Waals surface area contributed by atoms with Crippen molar-refractivity contribution in [2.45, 2.75) is 19.9 Å². The van der Waals surface area contributed by atoms with Crippen LogP contribution >= 0.6 is 0 Å². The summed E-state index contributed by atoms with van der Waals surface area (Å²) in [6.07, 6.45) is 0. The Bertz CT molecular complexity index is 987. The number of benzene rings is 2. The number of fused-ring (bicyclic) bond motifs is 4. The van der Waals surface area contributed by atoms with E-state index in [1.54, 1.807) is 5.06 Å². The van der Waals surface area contributed by atoms with Crippen LogP contribution in [0.1, 0.15) is 29.7 Å². The van der Waals surface area contributed by atoms with Crippen molar-refractivity contribution >= 4 is 17.4 Å². The van der Waals surface area contributed by atoms with Gasteiger partial charge in [-0.05, 0) is 49.2 Å². The Balaban J connectivity index is 1.68. The maximum absolute atomic E-state index is 12.1. The Kier molecular flexibility index (Phi) is 4.92. The molecule has 2 aromatic rings. The minimum Gasteiger partial charge on any atom is -0.486 e. The molecule has 8 nitrogen and oxygen atoms in total. The monoisotopic (exact) mass is 398 g/mol. The van der Waals surface area contributed by atoms with E-state index in [1.165, 1.54) is 14.2 Å². The van der Waals surface area contributed by atoms with Crippen molar-refractivity contribution < 1.29 is 28.7 Å². The summed E-state index contributed by atoms with van der Waals surface area (Å²) >= 11 is 0. The molecule has 2 aromatic carbocycles. The van der Waals surface area contributed by atoms with Crippen LogP contribution < -0.4 is 19.4 Å². The van der Waals surface area contributed by atoms with Gasteiger partial charge >= 0.3 is 5.97 Å². The van der Waals surface area contributed by atoms with Crippen LogP contribution in [-0.2, 0) is 14.4 Å². The summed E-state index contributed by atoms with van der Waals surface area (Å²) in [6, 6.07) is 9.59. The molecule has 0 spiro atoms. The molecule has 1 unspecified atom stereocenters. The van der Waals surface area contributed by atoms with E-state index in [4.69, 9.17) is 23.9 Å². The summed E-state index contributed by atoms with van der Waals surface area (Å²) in [5.41, 5.74) is 3.27. The van der Waals surface area contributed by atoms with Crippen LogP contribution in [0.4, 0.5) is 5.69 Å². The van der Waals surface area contributed by atoms with Crippen molar-refractivity contribution in [1.82, 2.24) is 0 Å². The fourth-order valence-electron chi connectivity index (χ4n) is 3.47. The van der Waals surface area contributed by atoms with Crippen LogP contribution in [0.3, 0.4) is 0 Å². The fraction of sp³-hybridized carbons (Fsp3) is 0.333. The lowest BCUT2D eigenvalue weighted by molar-refractivity contribution is -0.132. The van der Waals surface area contributed by atoms with Gasteiger partial charge < -0.3 is 23.9 Å². The standard InChI is InChI=1S/C21H22N2O6/c1-12-9-15-11-16(19(22-26-4)21(24)25-3)20(12)29-23(15)13(2)14-5-6-17-18(10-14)28-8-7-27-17/h5-6,9-11,13H,7-8H2,1-4H3. The molecule has 2 bridgehead atoms. The van der Waals surface area contributed by atoms with Gasteiger partial charge in [0.05, 0.1) is 24.4 Å². The fourth-order valence-corrected chi connectivity index (χ4v) is 3.47. The molecule has 0 aromatic heterocycles. The minimum absolute atomic E-state index is 0.0570. The van der Waals surface area contributed by atoms with E-state index < -0.39 is 5.97 Å². The van der Waals surface area contributed by atoms with Crippen molar-refractivity contribution in [1.29, 1.82) is 0 Å². The predicted octanol–water partition coefficient (Wildman–Crippen LogP) is 3.16. The van der Waals surface area contributed by atoms with E-state index in [-0.39, 0.29) is 11.8 Å². The summed E-state index contributed by atoms with van der Waals surface area (Å²) in [4.78, 5) is 23.1. The number of carbonyl (C=O) groups excluding carboxylic acids is 1. The molecule has 0 amide bonds. The highest BCUT2D eigenvalue weighted by atomic mass is 16.7. The number of aryl methyl sites for hydroxylation is 1. The first-order valence-corrected chi connectivity index (χ1v) is 9.24. The molecule has 8 heteroatoms. The molecule has 3 aliphatic heterocycles. The average molecular weight is 398 g/mol. The summed E-state index contributed by atoms with van der Waals surface area (Å²) in [5, 5.41) is 5.62. The quantitative estimate of drug-likeness (QED) is 0.435. The average Bonchev–Trinajstić information content (AvgIpc) is 2.76. The summed E-state index contributed by atoms with van der Waals surface area (Å²) in [6.45, 7) is 5.02. The largest absolute Gasteiger partial charge is 0.486 e. The van der Waals surface area contributed by atoms with Crippen molar-refractivity contribution in [3.05, 3.63) is 47.0 Å². The number of carbonyl (C=O) groups is 1. The second-order valence-electron chi connectivity index (χ2n) is 6.75. The van der Waals surface area contributed by atoms with Crippen LogP contribution in [0.25, 0.3) is 0 Å². The van der Waals surface area contributed by atoms with Crippen molar-refractivity contribution in [3.63, 3.8) is 0 Å².